The van der Waals surface area contributed by atoms with Crippen LogP contribution in [0.15, 0.2) is 194 Å². The summed E-state index contributed by atoms with van der Waals surface area (Å²) in [6.07, 6.45) is 0. The van der Waals surface area contributed by atoms with E-state index in [0.29, 0.717) is 0 Å². The van der Waals surface area contributed by atoms with E-state index in [1.54, 1.807) is 0 Å². The van der Waals surface area contributed by atoms with Crippen LogP contribution in [0.4, 0.5) is 34.1 Å². The normalized spacial score (nSPS) is 10.7. The maximum Gasteiger partial charge on any atom is 0.0561 e. The standard InChI is InChI=1S/C42H32N2/c1-7-19-33(20-8-1)39-31-40(34-21-9-2-10-22-34)42(44(37-27-15-5-16-28-37)38-29-17-6-18-30-38)32-41(39)43(35-23-11-3-12-24-35)36-25-13-4-14-26-36/h1-32H. The minimum atomic E-state index is 1.10. The Balaban J connectivity index is 1.60. The molecule has 0 aliphatic rings. The van der Waals surface area contributed by atoms with Gasteiger partial charge in [-0.2, -0.15) is 0 Å². The van der Waals surface area contributed by atoms with Gasteiger partial charge in [-0.3, -0.25) is 0 Å². The van der Waals surface area contributed by atoms with Crippen LogP contribution in [-0.4, -0.2) is 0 Å². The molecule has 0 atom stereocenters. The molecule has 0 unspecified atom stereocenters. The lowest BCUT2D eigenvalue weighted by atomic mass is 9.93. The van der Waals surface area contributed by atoms with Crippen LogP contribution < -0.4 is 9.80 Å². The third-order valence-electron chi connectivity index (χ3n) is 7.82. The van der Waals surface area contributed by atoms with Crippen molar-refractivity contribution < 1.29 is 0 Å². The molecule has 2 heteroatoms. The fourth-order valence-electron chi connectivity index (χ4n) is 5.81. The molecule has 0 N–H and O–H groups in total. The van der Waals surface area contributed by atoms with Crippen LogP contribution >= 0.6 is 0 Å². The smallest absolute Gasteiger partial charge is 0.0561 e. The van der Waals surface area contributed by atoms with Crippen molar-refractivity contribution in [2.24, 2.45) is 0 Å². The fourth-order valence-corrected chi connectivity index (χ4v) is 5.81. The van der Waals surface area contributed by atoms with Crippen molar-refractivity contribution in [3.63, 3.8) is 0 Å². The van der Waals surface area contributed by atoms with E-state index >= 15 is 0 Å². The summed E-state index contributed by atoms with van der Waals surface area (Å²) >= 11 is 0. The molecule has 0 heterocycles. The number of para-hydroxylation sites is 4. The second kappa shape index (κ2) is 12.6. The number of hydrogen-bond acceptors (Lipinski definition) is 2. The van der Waals surface area contributed by atoms with Crippen LogP contribution in [0.3, 0.4) is 0 Å². The first-order chi connectivity index (χ1) is 21.9. The van der Waals surface area contributed by atoms with Crippen LogP contribution in [0.5, 0.6) is 0 Å². The molecule has 7 rings (SSSR count). The predicted octanol–water partition coefficient (Wildman–Crippen LogP) is 12.0. The zero-order valence-corrected chi connectivity index (χ0v) is 24.4. The Bertz CT molecular complexity index is 1700. The van der Waals surface area contributed by atoms with Gasteiger partial charge in [0.2, 0.25) is 0 Å². The fraction of sp³-hybridized carbons (Fsp3) is 0. The molecular weight excluding hydrogens is 532 g/mol. The highest BCUT2D eigenvalue weighted by molar-refractivity contribution is 5.98. The van der Waals surface area contributed by atoms with Crippen molar-refractivity contribution in [1.82, 2.24) is 0 Å². The maximum absolute atomic E-state index is 2.37. The Morgan fingerprint density at radius 2 is 0.500 bits per heavy atom. The Labute approximate surface area is 259 Å². The molecule has 7 aromatic carbocycles. The lowest BCUT2D eigenvalue weighted by Gasteiger charge is -2.33. The Hall–Kier alpha value is -5.86. The van der Waals surface area contributed by atoms with Gasteiger partial charge in [-0.15, -0.1) is 0 Å². The molecule has 0 aliphatic heterocycles. The molecule has 7 aromatic rings. The molecule has 0 amide bonds. The van der Waals surface area contributed by atoms with E-state index in [2.05, 4.69) is 204 Å². The summed E-state index contributed by atoms with van der Waals surface area (Å²) in [6, 6.07) is 68.7. The Kier molecular flexibility index (Phi) is 7.71. The van der Waals surface area contributed by atoms with E-state index in [0.717, 1.165) is 56.4 Å². The quantitative estimate of drug-likeness (QED) is 0.181. The highest BCUT2D eigenvalue weighted by Crippen LogP contribution is 2.49. The van der Waals surface area contributed by atoms with Crippen LogP contribution in [0.1, 0.15) is 0 Å². The van der Waals surface area contributed by atoms with Gasteiger partial charge in [0.25, 0.3) is 0 Å². The van der Waals surface area contributed by atoms with E-state index in [1.165, 1.54) is 0 Å². The number of benzene rings is 7. The zero-order valence-electron chi connectivity index (χ0n) is 24.4. The summed E-state index contributed by atoms with van der Waals surface area (Å²) in [5.41, 5.74) is 11.2. The summed E-state index contributed by atoms with van der Waals surface area (Å²) in [5, 5.41) is 0. The van der Waals surface area contributed by atoms with Gasteiger partial charge in [-0.1, -0.05) is 133 Å². The van der Waals surface area contributed by atoms with Gasteiger partial charge in [0.1, 0.15) is 0 Å². The van der Waals surface area contributed by atoms with Gasteiger partial charge >= 0.3 is 0 Å². The van der Waals surface area contributed by atoms with Gasteiger partial charge in [-0.25, -0.2) is 0 Å². The molecule has 44 heavy (non-hydrogen) atoms. The topological polar surface area (TPSA) is 6.48 Å². The molecule has 0 fully saturated rings. The first-order valence-corrected chi connectivity index (χ1v) is 15.0. The van der Waals surface area contributed by atoms with Crippen molar-refractivity contribution in [2.75, 3.05) is 9.80 Å². The SMILES string of the molecule is c1ccc(-c2cc(-c3ccccc3)c(N(c3ccccc3)c3ccccc3)cc2N(c2ccccc2)c2ccccc2)cc1. The molecule has 0 bridgehead atoms. The second-order valence-corrected chi connectivity index (χ2v) is 10.6. The number of rotatable bonds is 8. The van der Waals surface area contributed by atoms with Crippen LogP contribution in [0, 0.1) is 0 Å². The number of nitrogens with zero attached hydrogens (tertiary/aromatic N) is 2. The number of anilines is 6. The van der Waals surface area contributed by atoms with Crippen molar-refractivity contribution in [3.8, 4) is 22.3 Å². The first-order valence-electron chi connectivity index (χ1n) is 15.0. The largest absolute Gasteiger partial charge is 0.310 e. The zero-order chi connectivity index (χ0) is 29.6. The number of hydrogen-bond donors (Lipinski definition) is 0. The van der Waals surface area contributed by atoms with Crippen molar-refractivity contribution in [1.29, 1.82) is 0 Å². The highest BCUT2D eigenvalue weighted by Gasteiger charge is 2.24. The first kappa shape index (κ1) is 27.0. The van der Waals surface area contributed by atoms with Crippen molar-refractivity contribution in [3.05, 3.63) is 194 Å². The summed E-state index contributed by atoms with van der Waals surface area (Å²) in [5.74, 6) is 0. The van der Waals surface area contributed by atoms with Crippen molar-refractivity contribution >= 4 is 34.1 Å². The lowest BCUT2D eigenvalue weighted by molar-refractivity contribution is 1.25. The summed E-state index contributed by atoms with van der Waals surface area (Å²) in [4.78, 5) is 4.74. The molecule has 0 radical (unpaired) electrons. The third-order valence-corrected chi connectivity index (χ3v) is 7.82. The van der Waals surface area contributed by atoms with Crippen LogP contribution in [0.25, 0.3) is 22.3 Å². The molecule has 0 aliphatic carbocycles. The summed E-state index contributed by atoms with van der Waals surface area (Å²) in [6.45, 7) is 0. The predicted molar refractivity (Wildman–Crippen MR) is 187 cm³/mol. The van der Waals surface area contributed by atoms with Crippen LogP contribution in [0.2, 0.25) is 0 Å². The van der Waals surface area contributed by atoms with Crippen LogP contribution in [-0.2, 0) is 0 Å². The van der Waals surface area contributed by atoms with E-state index < -0.39 is 0 Å². The van der Waals surface area contributed by atoms with Gasteiger partial charge in [-0.05, 0) is 71.8 Å². The van der Waals surface area contributed by atoms with E-state index in [9.17, 15) is 0 Å². The molecule has 210 valence electrons. The van der Waals surface area contributed by atoms with Gasteiger partial charge in [0.05, 0.1) is 11.4 Å². The Morgan fingerprint density at radius 3 is 0.773 bits per heavy atom. The second-order valence-electron chi connectivity index (χ2n) is 10.6. The highest BCUT2D eigenvalue weighted by atomic mass is 15.2. The third kappa shape index (κ3) is 5.49. The minimum Gasteiger partial charge on any atom is -0.310 e. The van der Waals surface area contributed by atoms with Gasteiger partial charge in [0, 0.05) is 33.9 Å². The molecule has 0 saturated carbocycles. The monoisotopic (exact) mass is 564 g/mol. The minimum absolute atomic E-state index is 1.10. The summed E-state index contributed by atoms with van der Waals surface area (Å²) < 4.78 is 0. The molecule has 2 nitrogen and oxygen atoms in total. The van der Waals surface area contributed by atoms with Crippen molar-refractivity contribution in [2.45, 2.75) is 0 Å². The van der Waals surface area contributed by atoms with Gasteiger partial charge < -0.3 is 9.80 Å². The summed E-state index contributed by atoms with van der Waals surface area (Å²) in [7, 11) is 0. The van der Waals surface area contributed by atoms with E-state index in [4.69, 9.17) is 0 Å². The average molecular weight is 565 g/mol. The van der Waals surface area contributed by atoms with Gasteiger partial charge in [0.15, 0.2) is 0 Å². The molecular formula is C42H32N2. The lowest BCUT2D eigenvalue weighted by Crippen LogP contribution is -2.15. The molecule has 0 aromatic heterocycles. The maximum atomic E-state index is 2.37. The Morgan fingerprint density at radius 1 is 0.250 bits per heavy atom. The average Bonchev–Trinajstić information content (AvgIpc) is 3.11. The molecule has 0 spiro atoms. The molecule has 0 saturated heterocycles. The van der Waals surface area contributed by atoms with E-state index in [1.807, 2.05) is 0 Å². The van der Waals surface area contributed by atoms with E-state index in [-0.39, 0.29) is 0 Å².